The maximum Gasteiger partial charge on any atom is 0.191 e. The maximum absolute atomic E-state index is 13.5. The second-order valence-corrected chi connectivity index (χ2v) is 8.03. The molecule has 1 aliphatic heterocycles. The maximum atomic E-state index is 13.5. The molecule has 7 heteroatoms. The zero-order chi connectivity index (χ0) is 21.4. The molecule has 1 saturated heterocycles. The van der Waals surface area contributed by atoms with Gasteiger partial charge in [-0.25, -0.2) is 4.39 Å². The number of hydrogen-bond acceptors (Lipinski definition) is 3. The van der Waals surface area contributed by atoms with Gasteiger partial charge in [0.25, 0.3) is 0 Å². The van der Waals surface area contributed by atoms with Crippen molar-refractivity contribution in [3.63, 3.8) is 0 Å². The number of halogens is 2. The summed E-state index contributed by atoms with van der Waals surface area (Å²) in [6, 6.07) is 15.9. The number of nitrogens with zero attached hydrogens (tertiary/aromatic N) is 1. The molecule has 170 valence electrons. The fraction of sp³-hybridized carbons (Fsp3) is 0.458. The van der Waals surface area contributed by atoms with E-state index in [0.717, 1.165) is 44.1 Å². The Morgan fingerprint density at radius 3 is 2.48 bits per heavy atom. The Hall–Kier alpha value is -1.71. The van der Waals surface area contributed by atoms with Crippen LogP contribution < -0.4 is 16.0 Å². The normalized spacial score (nSPS) is 16.8. The van der Waals surface area contributed by atoms with Gasteiger partial charge < -0.3 is 20.7 Å². The first-order valence-electron chi connectivity index (χ1n) is 10.6. The minimum Gasteiger partial charge on any atom is -0.381 e. The number of nitrogens with one attached hydrogen (secondary N) is 3. The molecule has 1 atom stereocenters. The Labute approximate surface area is 202 Å². The monoisotopic (exact) mass is 540 g/mol. The molecule has 31 heavy (non-hydrogen) atoms. The number of ether oxygens (including phenoxy) is 1. The first kappa shape index (κ1) is 25.5. The SMILES string of the molecule is CN=C(NCc1ccc(F)c(C)c1)NCC1(NC(C)c2ccccc2)CCOCC1.I. The summed E-state index contributed by atoms with van der Waals surface area (Å²) in [6.45, 7) is 6.81. The van der Waals surface area contributed by atoms with Crippen molar-refractivity contribution in [1.82, 2.24) is 16.0 Å². The van der Waals surface area contributed by atoms with Gasteiger partial charge in [-0.2, -0.15) is 0 Å². The Morgan fingerprint density at radius 1 is 1.13 bits per heavy atom. The molecule has 5 nitrogen and oxygen atoms in total. The number of aliphatic imine (C=N–C) groups is 1. The van der Waals surface area contributed by atoms with Crippen molar-refractivity contribution in [3.8, 4) is 0 Å². The highest BCUT2D eigenvalue weighted by Crippen LogP contribution is 2.25. The Bertz CT molecular complexity index is 841. The largest absolute Gasteiger partial charge is 0.381 e. The van der Waals surface area contributed by atoms with E-state index in [4.69, 9.17) is 4.74 Å². The number of rotatable bonds is 7. The molecule has 0 aromatic heterocycles. The van der Waals surface area contributed by atoms with Crippen LogP contribution in [0.3, 0.4) is 0 Å². The van der Waals surface area contributed by atoms with Crippen LogP contribution >= 0.6 is 24.0 Å². The summed E-state index contributed by atoms with van der Waals surface area (Å²) in [5.74, 6) is 0.554. The predicted molar refractivity (Wildman–Crippen MR) is 136 cm³/mol. The molecule has 0 spiro atoms. The van der Waals surface area contributed by atoms with Crippen LogP contribution in [0.15, 0.2) is 53.5 Å². The lowest BCUT2D eigenvalue weighted by Gasteiger charge is -2.41. The summed E-state index contributed by atoms with van der Waals surface area (Å²) in [5.41, 5.74) is 2.88. The second kappa shape index (κ2) is 12.4. The van der Waals surface area contributed by atoms with E-state index in [0.29, 0.717) is 12.1 Å². The van der Waals surface area contributed by atoms with Gasteiger partial charge in [0.2, 0.25) is 0 Å². The first-order chi connectivity index (χ1) is 14.5. The topological polar surface area (TPSA) is 57.7 Å². The van der Waals surface area contributed by atoms with Gasteiger partial charge in [0.15, 0.2) is 5.96 Å². The molecule has 1 fully saturated rings. The third-order valence-electron chi connectivity index (χ3n) is 5.77. The van der Waals surface area contributed by atoms with E-state index in [2.05, 4.69) is 52.1 Å². The van der Waals surface area contributed by atoms with Gasteiger partial charge in [-0.3, -0.25) is 4.99 Å². The molecular formula is C24H34FIN4O. The van der Waals surface area contributed by atoms with E-state index in [1.165, 1.54) is 11.6 Å². The van der Waals surface area contributed by atoms with Crippen molar-refractivity contribution in [3.05, 3.63) is 71.0 Å². The van der Waals surface area contributed by atoms with Crippen molar-refractivity contribution in [2.75, 3.05) is 26.8 Å². The molecule has 3 rings (SSSR count). The van der Waals surface area contributed by atoms with Gasteiger partial charge >= 0.3 is 0 Å². The fourth-order valence-electron chi connectivity index (χ4n) is 3.89. The van der Waals surface area contributed by atoms with Gasteiger partial charge in [-0.1, -0.05) is 42.5 Å². The van der Waals surface area contributed by atoms with Gasteiger partial charge in [-0.05, 0) is 49.4 Å². The number of benzene rings is 2. The Morgan fingerprint density at radius 2 is 1.84 bits per heavy atom. The van der Waals surface area contributed by atoms with Crippen molar-refractivity contribution < 1.29 is 9.13 Å². The highest BCUT2D eigenvalue weighted by Gasteiger charge is 2.34. The van der Waals surface area contributed by atoms with Gasteiger partial charge in [0.1, 0.15) is 5.82 Å². The average molecular weight is 540 g/mol. The quantitative estimate of drug-likeness (QED) is 0.278. The van der Waals surface area contributed by atoms with Crippen LogP contribution in [0.2, 0.25) is 0 Å². The van der Waals surface area contributed by atoms with E-state index >= 15 is 0 Å². The first-order valence-corrected chi connectivity index (χ1v) is 10.6. The molecule has 1 aliphatic rings. The van der Waals surface area contributed by atoms with Crippen LogP contribution in [-0.4, -0.2) is 38.3 Å². The lowest BCUT2D eigenvalue weighted by molar-refractivity contribution is 0.0355. The Kier molecular flexibility index (Phi) is 10.2. The third kappa shape index (κ3) is 7.43. The van der Waals surface area contributed by atoms with Crippen molar-refractivity contribution in [1.29, 1.82) is 0 Å². The number of guanidine groups is 1. The van der Waals surface area contributed by atoms with Crippen LogP contribution in [0.1, 0.15) is 42.5 Å². The standard InChI is InChI=1S/C24H33FN4O.HI/c1-18-15-20(9-10-22(18)25)16-27-23(26-3)28-17-24(11-13-30-14-12-24)29-19(2)21-7-5-4-6-8-21;/h4-10,15,19,29H,11-14,16-17H2,1-3H3,(H2,26,27,28);1H. The van der Waals surface area contributed by atoms with Crippen LogP contribution in [0.4, 0.5) is 4.39 Å². The minimum atomic E-state index is -0.179. The van der Waals surface area contributed by atoms with Crippen LogP contribution in [0.5, 0.6) is 0 Å². The van der Waals surface area contributed by atoms with Crippen molar-refractivity contribution in [2.45, 2.75) is 44.8 Å². The van der Waals surface area contributed by atoms with E-state index in [1.54, 1.807) is 20.0 Å². The minimum absolute atomic E-state index is 0. The molecule has 0 bridgehead atoms. The molecule has 0 aliphatic carbocycles. The molecule has 0 saturated carbocycles. The van der Waals surface area contributed by atoms with E-state index in [9.17, 15) is 4.39 Å². The highest BCUT2D eigenvalue weighted by atomic mass is 127. The zero-order valence-electron chi connectivity index (χ0n) is 18.6. The molecule has 2 aromatic carbocycles. The summed E-state index contributed by atoms with van der Waals surface area (Å²) in [5, 5.41) is 10.7. The zero-order valence-corrected chi connectivity index (χ0v) is 20.9. The lowest BCUT2D eigenvalue weighted by Crippen LogP contribution is -2.58. The summed E-state index contributed by atoms with van der Waals surface area (Å²) in [4.78, 5) is 4.36. The summed E-state index contributed by atoms with van der Waals surface area (Å²) in [7, 11) is 1.77. The predicted octanol–water partition coefficient (Wildman–Crippen LogP) is 4.32. The van der Waals surface area contributed by atoms with Crippen LogP contribution in [0.25, 0.3) is 0 Å². The van der Waals surface area contributed by atoms with Crippen molar-refractivity contribution in [2.24, 2.45) is 4.99 Å². The van der Waals surface area contributed by atoms with Crippen LogP contribution in [0, 0.1) is 12.7 Å². The van der Waals surface area contributed by atoms with E-state index in [-0.39, 0.29) is 41.4 Å². The second-order valence-electron chi connectivity index (χ2n) is 8.03. The van der Waals surface area contributed by atoms with E-state index in [1.807, 2.05) is 12.1 Å². The summed E-state index contributed by atoms with van der Waals surface area (Å²) >= 11 is 0. The lowest BCUT2D eigenvalue weighted by atomic mass is 9.88. The molecule has 3 N–H and O–H groups in total. The van der Waals surface area contributed by atoms with Crippen LogP contribution in [-0.2, 0) is 11.3 Å². The third-order valence-corrected chi connectivity index (χ3v) is 5.77. The van der Waals surface area contributed by atoms with Crippen molar-refractivity contribution >= 4 is 29.9 Å². The fourth-order valence-corrected chi connectivity index (χ4v) is 3.89. The summed E-state index contributed by atoms with van der Waals surface area (Å²) in [6.07, 6.45) is 1.87. The molecule has 0 radical (unpaired) electrons. The highest BCUT2D eigenvalue weighted by molar-refractivity contribution is 14.0. The molecular weight excluding hydrogens is 506 g/mol. The van der Waals surface area contributed by atoms with Gasteiger partial charge in [-0.15, -0.1) is 24.0 Å². The molecule has 1 heterocycles. The Balaban J connectivity index is 0.00000341. The van der Waals surface area contributed by atoms with E-state index < -0.39 is 0 Å². The van der Waals surface area contributed by atoms with Gasteiger partial charge in [0, 0.05) is 44.9 Å². The van der Waals surface area contributed by atoms with Gasteiger partial charge in [0.05, 0.1) is 0 Å². The number of hydrogen-bond donors (Lipinski definition) is 3. The molecule has 1 unspecified atom stereocenters. The summed E-state index contributed by atoms with van der Waals surface area (Å²) < 4.78 is 19.1. The molecule has 0 amide bonds. The number of aryl methyl sites for hydroxylation is 1. The average Bonchev–Trinajstić information content (AvgIpc) is 2.77. The molecule has 2 aromatic rings. The smallest absolute Gasteiger partial charge is 0.191 e.